The van der Waals surface area contributed by atoms with Crippen molar-refractivity contribution in [2.45, 2.75) is 45.8 Å². The minimum atomic E-state index is -0.915. The molecule has 0 spiro atoms. The van der Waals surface area contributed by atoms with Gasteiger partial charge < -0.3 is 9.84 Å². The third-order valence-electron chi connectivity index (χ3n) is 2.48. The number of hydrogen-bond acceptors (Lipinski definition) is 2. The lowest BCUT2D eigenvalue weighted by Gasteiger charge is -2.36. The molecule has 13 heavy (non-hydrogen) atoms. The fraction of sp³-hybridized carbons (Fsp3) is 1.00. The van der Waals surface area contributed by atoms with Crippen LogP contribution in [-0.2, 0) is 4.74 Å². The van der Waals surface area contributed by atoms with Crippen LogP contribution >= 0.6 is 0 Å². The molecule has 0 fully saturated rings. The molecule has 0 aromatic heterocycles. The SMILES string of the molecule is COC(C)(C)CC(C)(C)[C@H](O)CF. The molecule has 0 saturated carbocycles. The maximum atomic E-state index is 12.3. The second-order valence-corrected chi connectivity index (χ2v) is 4.80. The first-order valence-electron chi connectivity index (χ1n) is 4.54. The Morgan fingerprint density at radius 1 is 1.31 bits per heavy atom. The van der Waals surface area contributed by atoms with Crippen molar-refractivity contribution < 1.29 is 14.2 Å². The third kappa shape index (κ3) is 4.05. The molecule has 0 aromatic rings. The summed E-state index contributed by atoms with van der Waals surface area (Å²) in [5.41, 5.74) is -0.770. The lowest BCUT2D eigenvalue weighted by atomic mass is 9.77. The van der Waals surface area contributed by atoms with E-state index in [0.29, 0.717) is 6.42 Å². The molecule has 0 unspecified atom stereocenters. The first kappa shape index (κ1) is 12.8. The Morgan fingerprint density at radius 3 is 2.08 bits per heavy atom. The number of methoxy groups -OCH3 is 1. The van der Waals surface area contributed by atoms with E-state index in [1.165, 1.54) is 0 Å². The van der Waals surface area contributed by atoms with Crippen LogP contribution in [0.4, 0.5) is 4.39 Å². The van der Waals surface area contributed by atoms with Gasteiger partial charge in [-0.05, 0) is 25.7 Å². The minimum absolute atomic E-state index is 0.320. The fourth-order valence-corrected chi connectivity index (χ4v) is 1.50. The Labute approximate surface area is 80.1 Å². The van der Waals surface area contributed by atoms with Gasteiger partial charge in [0.1, 0.15) is 6.67 Å². The maximum absolute atomic E-state index is 12.3. The lowest BCUT2D eigenvalue weighted by molar-refractivity contribution is -0.0561. The highest BCUT2D eigenvalue weighted by molar-refractivity contribution is 4.84. The summed E-state index contributed by atoms with van der Waals surface area (Å²) in [7, 11) is 1.62. The van der Waals surface area contributed by atoms with E-state index in [9.17, 15) is 9.50 Å². The van der Waals surface area contributed by atoms with E-state index in [0.717, 1.165) is 0 Å². The van der Waals surface area contributed by atoms with Crippen molar-refractivity contribution in [3.05, 3.63) is 0 Å². The Bertz CT molecular complexity index is 155. The van der Waals surface area contributed by atoms with Crippen LogP contribution in [0.1, 0.15) is 34.1 Å². The van der Waals surface area contributed by atoms with E-state index < -0.39 is 18.2 Å². The van der Waals surface area contributed by atoms with Crippen LogP contribution in [0.2, 0.25) is 0 Å². The quantitative estimate of drug-likeness (QED) is 0.723. The molecule has 0 saturated heterocycles. The van der Waals surface area contributed by atoms with Gasteiger partial charge in [-0.2, -0.15) is 0 Å². The lowest BCUT2D eigenvalue weighted by Crippen LogP contribution is -2.39. The highest BCUT2D eigenvalue weighted by Crippen LogP contribution is 2.33. The Morgan fingerprint density at radius 2 is 1.77 bits per heavy atom. The summed E-state index contributed by atoms with van der Waals surface area (Å²) in [6.07, 6.45) is -0.288. The van der Waals surface area contributed by atoms with Gasteiger partial charge in [0.05, 0.1) is 11.7 Å². The summed E-state index contributed by atoms with van der Waals surface area (Å²) in [5, 5.41) is 9.41. The van der Waals surface area contributed by atoms with Crippen LogP contribution < -0.4 is 0 Å². The van der Waals surface area contributed by atoms with Crippen molar-refractivity contribution in [2.24, 2.45) is 5.41 Å². The smallest absolute Gasteiger partial charge is 0.116 e. The van der Waals surface area contributed by atoms with Crippen LogP contribution in [0.25, 0.3) is 0 Å². The average Bonchev–Trinajstić information content (AvgIpc) is 2.01. The van der Waals surface area contributed by atoms with Crippen molar-refractivity contribution in [3.63, 3.8) is 0 Å². The molecule has 0 aromatic carbocycles. The molecule has 0 amide bonds. The standard InChI is InChI=1S/C10H21FO2/c1-9(2,8(12)6-11)7-10(3,4)13-5/h8,12H,6-7H2,1-5H3/t8-/m1/s1. The summed E-state index contributed by atoms with van der Waals surface area (Å²) < 4.78 is 17.5. The largest absolute Gasteiger partial charge is 0.390 e. The first-order chi connectivity index (χ1) is 5.75. The van der Waals surface area contributed by atoms with E-state index in [4.69, 9.17) is 4.74 Å². The van der Waals surface area contributed by atoms with Crippen LogP contribution in [0.15, 0.2) is 0 Å². The predicted molar refractivity (Wildman–Crippen MR) is 51.5 cm³/mol. The highest BCUT2D eigenvalue weighted by Gasteiger charge is 2.34. The minimum Gasteiger partial charge on any atom is -0.390 e. The van der Waals surface area contributed by atoms with Crippen LogP contribution in [0, 0.1) is 5.41 Å². The number of aliphatic hydroxyl groups excluding tert-OH is 1. The van der Waals surface area contributed by atoms with E-state index in [2.05, 4.69) is 0 Å². The van der Waals surface area contributed by atoms with Crippen molar-refractivity contribution >= 4 is 0 Å². The number of halogens is 1. The molecule has 0 aliphatic carbocycles. The van der Waals surface area contributed by atoms with E-state index >= 15 is 0 Å². The van der Waals surface area contributed by atoms with E-state index in [1.54, 1.807) is 7.11 Å². The second kappa shape index (κ2) is 4.38. The number of ether oxygens (including phenoxy) is 1. The van der Waals surface area contributed by atoms with Gasteiger partial charge >= 0.3 is 0 Å². The highest BCUT2D eigenvalue weighted by atomic mass is 19.1. The second-order valence-electron chi connectivity index (χ2n) is 4.80. The monoisotopic (exact) mass is 192 g/mol. The fourth-order valence-electron chi connectivity index (χ4n) is 1.50. The molecule has 0 aliphatic rings. The van der Waals surface area contributed by atoms with Crippen LogP contribution in [-0.4, -0.2) is 30.6 Å². The topological polar surface area (TPSA) is 29.5 Å². The maximum Gasteiger partial charge on any atom is 0.116 e. The summed E-state index contributed by atoms with van der Waals surface area (Å²) in [6.45, 7) is 6.85. The molecule has 80 valence electrons. The molecule has 0 radical (unpaired) electrons. The van der Waals surface area contributed by atoms with Crippen molar-refractivity contribution in [2.75, 3.05) is 13.8 Å². The van der Waals surface area contributed by atoms with Gasteiger partial charge in [-0.1, -0.05) is 13.8 Å². The molecule has 0 heterocycles. The van der Waals surface area contributed by atoms with Gasteiger partial charge in [-0.25, -0.2) is 4.39 Å². The van der Waals surface area contributed by atoms with E-state index in [-0.39, 0.29) is 5.60 Å². The summed E-state index contributed by atoms with van der Waals surface area (Å²) in [4.78, 5) is 0. The molecule has 1 atom stereocenters. The normalized spacial score (nSPS) is 15.9. The zero-order valence-electron chi connectivity index (χ0n) is 9.22. The molecule has 0 bridgehead atoms. The number of alkyl halides is 1. The molecule has 2 nitrogen and oxygen atoms in total. The third-order valence-corrected chi connectivity index (χ3v) is 2.48. The zero-order chi connectivity index (χ0) is 10.7. The zero-order valence-corrected chi connectivity index (χ0v) is 9.22. The van der Waals surface area contributed by atoms with Gasteiger partial charge in [-0.15, -0.1) is 0 Å². The predicted octanol–water partition coefficient (Wildman–Crippen LogP) is 2.16. The van der Waals surface area contributed by atoms with Crippen molar-refractivity contribution in [1.82, 2.24) is 0 Å². The molecular formula is C10H21FO2. The van der Waals surface area contributed by atoms with Gasteiger partial charge in [-0.3, -0.25) is 0 Å². The van der Waals surface area contributed by atoms with E-state index in [1.807, 2.05) is 27.7 Å². The molecular weight excluding hydrogens is 171 g/mol. The van der Waals surface area contributed by atoms with Gasteiger partial charge in [0.15, 0.2) is 0 Å². The van der Waals surface area contributed by atoms with Gasteiger partial charge in [0.2, 0.25) is 0 Å². The van der Waals surface area contributed by atoms with Crippen LogP contribution in [0.5, 0.6) is 0 Å². The molecule has 1 N–H and O–H groups in total. The number of aliphatic hydroxyl groups is 1. The average molecular weight is 192 g/mol. The Balaban J connectivity index is 4.32. The summed E-state index contributed by atoms with van der Waals surface area (Å²) >= 11 is 0. The van der Waals surface area contributed by atoms with Crippen molar-refractivity contribution in [3.8, 4) is 0 Å². The Kier molecular flexibility index (Phi) is 4.33. The summed E-state index contributed by atoms with van der Waals surface area (Å²) in [5.74, 6) is 0. The number of hydrogen-bond donors (Lipinski definition) is 1. The molecule has 0 aliphatic heterocycles. The van der Waals surface area contributed by atoms with Gasteiger partial charge in [0.25, 0.3) is 0 Å². The first-order valence-corrected chi connectivity index (χ1v) is 4.54. The number of rotatable bonds is 5. The summed E-state index contributed by atoms with van der Waals surface area (Å²) in [6, 6.07) is 0. The Hall–Kier alpha value is -0.150. The van der Waals surface area contributed by atoms with Crippen LogP contribution in [0.3, 0.4) is 0 Å². The van der Waals surface area contributed by atoms with Gasteiger partial charge in [0, 0.05) is 7.11 Å². The molecule has 3 heteroatoms. The molecule has 0 rings (SSSR count). The van der Waals surface area contributed by atoms with Crippen molar-refractivity contribution in [1.29, 1.82) is 0 Å².